The Morgan fingerprint density at radius 1 is 1.50 bits per heavy atom. The summed E-state index contributed by atoms with van der Waals surface area (Å²) in [6, 6.07) is 4.02. The minimum atomic E-state index is -0.830. The van der Waals surface area contributed by atoms with Crippen LogP contribution in [0.5, 0.6) is 0 Å². The van der Waals surface area contributed by atoms with Crippen LogP contribution < -0.4 is 0 Å². The molecule has 4 nitrogen and oxygen atoms in total. The third kappa shape index (κ3) is 1.74. The maximum atomic E-state index is 10.9. The summed E-state index contributed by atoms with van der Waals surface area (Å²) in [5.41, 5.74) is 2.59. The van der Waals surface area contributed by atoms with Crippen molar-refractivity contribution in [3.8, 4) is 10.6 Å². The Hall–Kier alpha value is -1.66. The molecule has 6 heteroatoms. The number of fused-ring (bicyclic) bond motifs is 1. The number of aryl methyl sites for hydroxylation is 1. The molecule has 0 saturated carbocycles. The zero-order valence-electron chi connectivity index (χ0n) is 9.58. The first-order valence-electron chi connectivity index (χ1n) is 5.38. The molecule has 0 atom stereocenters. The van der Waals surface area contributed by atoms with Crippen LogP contribution in [0.3, 0.4) is 0 Å². The van der Waals surface area contributed by atoms with Gasteiger partial charge in [0, 0.05) is 5.38 Å². The van der Waals surface area contributed by atoms with Crippen LogP contribution >= 0.6 is 22.7 Å². The topological polar surface area (TPSA) is 54.6 Å². The first-order valence-corrected chi connectivity index (χ1v) is 7.14. The van der Waals surface area contributed by atoms with Crippen LogP contribution in [0.4, 0.5) is 0 Å². The van der Waals surface area contributed by atoms with E-state index in [4.69, 9.17) is 5.11 Å². The van der Waals surface area contributed by atoms with Crippen LogP contribution in [-0.4, -0.2) is 20.5 Å². The first kappa shape index (κ1) is 11.4. The second kappa shape index (κ2) is 4.22. The van der Waals surface area contributed by atoms with Crippen molar-refractivity contribution in [2.45, 2.75) is 13.3 Å². The van der Waals surface area contributed by atoms with Gasteiger partial charge in [-0.3, -0.25) is 9.20 Å². The summed E-state index contributed by atoms with van der Waals surface area (Å²) in [6.45, 7) is 1.86. The number of carbonyl (C=O) groups is 1. The molecule has 0 saturated heterocycles. The molecule has 18 heavy (non-hydrogen) atoms. The molecule has 0 spiro atoms. The van der Waals surface area contributed by atoms with E-state index >= 15 is 0 Å². The van der Waals surface area contributed by atoms with Crippen LogP contribution in [-0.2, 0) is 11.2 Å². The van der Waals surface area contributed by atoms with E-state index in [0.29, 0.717) is 0 Å². The molecule has 3 rings (SSSR count). The van der Waals surface area contributed by atoms with E-state index < -0.39 is 5.97 Å². The second-order valence-electron chi connectivity index (χ2n) is 3.93. The summed E-state index contributed by atoms with van der Waals surface area (Å²) < 4.78 is 1.96. The summed E-state index contributed by atoms with van der Waals surface area (Å²) >= 11 is 3.18. The predicted molar refractivity (Wildman–Crippen MR) is 72.5 cm³/mol. The van der Waals surface area contributed by atoms with Crippen LogP contribution in [0, 0.1) is 6.92 Å². The lowest BCUT2D eigenvalue weighted by Crippen LogP contribution is -2.04. The number of thiophene rings is 1. The number of nitrogens with zero attached hydrogens (tertiary/aromatic N) is 2. The summed E-state index contributed by atoms with van der Waals surface area (Å²) in [5, 5.41) is 13.0. The van der Waals surface area contributed by atoms with Gasteiger partial charge < -0.3 is 5.11 Å². The van der Waals surface area contributed by atoms with Crippen molar-refractivity contribution in [3.05, 3.63) is 34.3 Å². The average Bonchev–Trinajstić information content (AvgIpc) is 2.97. The highest BCUT2D eigenvalue weighted by atomic mass is 32.1. The van der Waals surface area contributed by atoms with E-state index in [1.165, 1.54) is 11.3 Å². The van der Waals surface area contributed by atoms with Gasteiger partial charge in [0.25, 0.3) is 0 Å². The molecule has 0 radical (unpaired) electrons. The van der Waals surface area contributed by atoms with E-state index in [2.05, 4.69) is 4.98 Å². The SMILES string of the molecule is Cc1nc2scc(-c3cccs3)n2c1CC(=O)O. The molecule has 3 aromatic rings. The van der Waals surface area contributed by atoms with E-state index in [1.54, 1.807) is 11.3 Å². The van der Waals surface area contributed by atoms with Crippen LogP contribution in [0.1, 0.15) is 11.4 Å². The van der Waals surface area contributed by atoms with Gasteiger partial charge in [-0.2, -0.15) is 0 Å². The monoisotopic (exact) mass is 278 g/mol. The maximum absolute atomic E-state index is 10.9. The van der Waals surface area contributed by atoms with Gasteiger partial charge in [-0.05, 0) is 18.4 Å². The number of rotatable bonds is 3. The summed E-state index contributed by atoms with van der Waals surface area (Å²) in [6.07, 6.45) is 0.00209. The molecule has 0 aromatic carbocycles. The van der Waals surface area contributed by atoms with Crippen molar-refractivity contribution in [1.29, 1.82) is 0 Å². The van der Waals surface area contributed by atoms with Crippen molar-refractivity contribution in [3.63, 3.8) is 0 Å². The fourth-order valence-corrected chi connectivity index (χ4v) is 3.73. The molecule has 3 aromatic heterocycles. The molecular formula is C12H10N2O2S2. The summed E-state index contributed by atoms with van der Waals surface area (Å²) in [4.78, 5) is 17.4. The number of aromatic nitrogens is 2. The normalized spacial score (nSPS) is 11.2. The van der Waals surface area contributed by atoms with Crippen molar-refractivity contribution in [2.24, 2.45) is 0 Å². The molecular weight excluding hydrogens is 268 g/mol. The zero-order valence-corrected chi connectivity index (χ0v) is 11.2. The number of hydrogen-bond donors (Lipinski definition) is 1. The molecule has 1 N–H and O–H groups in total. The van der Waals surface area contributed by atoms with Gasteiger partial charge in [-0.25, -0.2) is 4.98 Å². The van der Waals surface area contributed by atoms with Crippen molar-refractivity contribution >= 4 is 33.6 Å². The molecule has 0 bridgehead atoms. The number of hydrogen-bond acceptors (Lipinski definition) is 4. The van der Waals surface area contributed by atoms with Crippen molar-refractivity contribution in [2.75, 3.05) is 0 Å². The molecule has 0 unspecified atom stereocenters. The van der Waals surface area contributed by atoms with Crippen LogP contribution in [0.15, 0.2) is 22.9 Å². The molecule has 0 aliphatic heterocycles. The molecule has 0 aliphatic carbocycles. The van der Waals surface area contributed by atoms with Crippen molar-refractivity contribution < 1.29 is 9.90 Å². The number of thiazole rings is 1. The van der Waals surface area contributed by atoms with E-state index in [1.807, 2.05) is 34.2 Å². The van der Waals surface area contributed by atoms with Gasteiger partial charge in [0.15, 0.2) is 4.96 Å². The lowest BCUT2D eigenvalue weighted by Gasteiger charge is -2.01. The maximum Gasteiger partial charge on any atom is 0.309 e. The lowest BCUT2D eigenvalue weighted by atomic mass is 10.2. The number of aliphatic carboxylic acids is 1. The molecule has 0 aliphatic rings. The fourth-order valence-electron chi connectivity index (χ4n) is 1.97. The number of imidazole rings is 1. The molecule has 0 amide bonds. The van der Waals surface area contributed by atoms with E-state index in [9.17, 15) is 4.79 Å². The summed E-state index contributed by atoms with van der Waals surface area (Å²) in [5.74, 6) is -0.830. The average molecular weight is 278 g/mol. The minimum absolute atomic E-state index is 0.00209. The first-order chi connectivity index (χ1) is 8.66. The van der Waals surface area contributed by atoms with E-state index in [0.717, 1.165) is 26.9 Å². The highest BCUT2D eigenvalue weighted by Crippen LogP contribution is 2.31. The third-order valence-electron chi connectivity index (χ3n) is 2.75. The lowest BCUT2D eigenvalue weighted by molar-refractivity contribution is -0.136. The highest BCUT2D eigenvalue weighted by molar-refractivity contribution is 7.16. The Bertz CT molecular complexity index is 710. The van der Waals surface area contributed by atoms with Gasteiger partial charge in [0.2, 0.25) is 0 Å². The molecule has 3 heterocycles. The highest BCUT2D eigenvalue weighted by Gasteiger charge is 2.17. The van der Waals surface area contributed by atoms with Gasteiger partial charge in [0.05, 0.1) is 28.4 Å². The molecule has 92 valence electrons. The Balaban J connectivity index is 2.25. The Kier molecular flexibility index (Phi) is 2.68. The van der Waals surface area contributed by atoms with Gasteiger partial charge >= 0.3 is 5.97 Å². The smallest absolute Gasteiger partial charge is 0.309 e. The van der Waals surface area contributed by atoms with Gasteiger partial charge in [0.1, 0.15) is 0 Å². The summed E-state index contributed by atoms with van der Waals surface area (Å²) in [7, 11) is 0. The minimum Gasteiger partial charge on any atom is -0.481 e. The zero-order chi connectivity index (χ0) is 12.7. The largest absolute Gasteiger partial charge is 0.481 e. The quantitative estimate of drug-likeness (QED) is 0.801. The predicted octanol–water partition coefficient (Wildman–Crippen LogP) is 3.06. The Morgan fingerprint density at radius 3 is 3.00 bits per heavy atom. The van der Waals surface area contributed by atoms with Crippen LogP contribution in [0.25, 0.3) is 15.5 Å². The van der Waals surface area contributed by atoms with Gasteiger partial charge in [-0.1, -0.05) is 6.07 Å². The van der Waals surface area contributed by atoms with E-state index in [-0.39, 0.29) is 6.42 Å². The standard InChI is InChI=1S/C12H10N2O2S2/c1-7-8(5-11(15)16)14-9(6-18-12(14)13-7)10-3-2-4-17-10/h2-4,6H,5H2,1H3,(H,15,16). The number of carboxylic acid groups (broad SMARTS) is 1. The van der Waals surface area contributed by atoms with Gasteiger partial charge in [-0.15, -0.1) is 22.7 Å². The third-order valence-corrected chi connectivity index (χ3v) is 4.47. The number of carboxylic acids is 1. The second-order valence-corrected chi connectivity index (χ2v) is 5.71. The Morgan fingerprint density at radius 2 is 2.33 bits per heavy atom. The van der Waals surface area contributed by atoms with Crippen LogP contribution in [0.2, 0.25) is 0 Å². The Labute approximate surface area is 111 Å². The molecule has 0 fully saturated rings. The fraction of sp³-hybridized carbons (Fsp3) is 0.167. The van der Waals surface area contributed by atoms with Crippen molar-refractivity contribution in [1.82, 2.24) is 9.38 Å².